The van der Waals surface area contributed by atoms with Crippen molar-refractivity contribution in [2.75, 3.05) is 26.9 Å². The lowest BCUT2D eigenvalue weighted by Crippen LogP contribution is -2.53. The molecule has 0 aliphatic carbocycles. The molecule has 30 heavy (non-hydrogen) atoms. The average molecular weight is 424 g/mol. The molecule has 11 heteroatoms. The molecule has 1 aromatic heterocycles. The van der Waals surface area contributed by atoms with Gasteiger partial charge in [-0.3, -0.25) is 19.2 Å². The van der Waals surface area contributed by atoms with Crippen LogP contribution in [0.15, 0.2) is 16.9 Å². The van der Waals surface area contributed by atoms with E-state index in [0.29, 0.717) is 13.0 Å². The zero-order chi connectivity index (χ0) is 22.3. The van der Waals surface area contributed by atoms with E-state index in [-0.39, 0.29) is 30.5 Å². The molecule has 2 heterocycles. The first-order chi connectivity index (χ1) is 14.2. The summed E-state index contributed by atoms with van der Waals surface area (Å²) in [6, 6.07) is -0.400. The number of amides is 3. The van der Waals surface area contributed by atoms with Gasteiger partial charge in [-0.15, -0.1) is 0 Å². The largest absolute Gasteiger partial charge is 0.382 e. The molecule has 0 bridgehead atoms. The first-order valence-electron chi connectivity index (χ1n) is 9.61. The smallest absolute Gasteiger partial charge is 0.274 e. The summed E-state index contributed by atoms with van der Waals surface area (Å²) in [4.78, 5) is 49.3. The second-order valence-electron chi connectivity index (χ2n) is 7.72. The average Bonchev–Trinajstić information content (AvgIpc) is 3.20. The van der Waals surface area contributed by atoms with Crippen LogP contribution in [0.3, 0.4) is 0 Å². The van der Waals surface area contributed by atoms with Crippen molar-refractivity contribution in [1.29, 1.82) is 0 Å². The van der Waals surface area contributed by atoms with E-state index in [1.54, 1.807) is 6.92 Å². The lowest BCUT2D eigenvalue weighted by atomic mass is 9.93. The number of epoxide rings is 1. The minimum atomic E-state index is -1.04. The van der Waals surface area contributed by atoms with Gasteiger partial charge in [0.05, 0.1) is 25.8 Å². The van der Waals surface area contributed by atoms with Crippen LogP contribution in [-0.4, -0.2) is 73.2 Å². The molecule has 1 fully saturated rings. The number of carbonyl (C=O) groups excluding carboxylic acids is 4. The molecule has 0 saturated carbocycles. The van der Waals surface area contributed by atoms with Gasteiger partial charge in [-0.2, -0.15) is 0 Å². The monoisotopic (exact) mass is 424 g/mol. The molecule has 1 aliphatic heterocycles. The summed E-state index contributed by atoms with van der Waals surface area (Å²) in [5.74, 6) is -1.77. The van der Waals surface area contributed by atoms with Crippen LogP contribution in [0.4, 0.5) is 0 Å². The van der Waals surface area contributed by atoms with Gasteiger partial charge in [0, 0.05) is 13.2 Å². The third-order valence-corrected chi connectivity index (χ3v) is 4.51. The van der Waals surface area contributed by atoms with Crippen molar-refractivity contribution in [3.63, 3.8) is 0 Å². The van der Waals surface area contributed by atoms with Crippen LogP contribution >= 0.6 is 0 Å². The van der Waals surface area contributed by atoms with Crippen LogP contribution in [0.5, 0.6) is 0 Å². The Morgan fingerprint density at radius 3 is 2.47 bits per heavy atom. The molecule has 0 radical (unpaired) electrons. The molecule has 166 valence electrons. The van der Waals surface area contributed by atoms with Crippen molar-refractivity contribution in [3.8, 4) is 0 Å². The van der Waals surface area contributed by atoms with Crippen molar-refractivity contribution >= 4 is 23.5 Å². The lowest BCUT2D eigenvalue weighted by Gasteiger charge is -2.22. The van der Waals surface area contributed by atoms with Gasteiger partial charge in [-0.1, -0.05) is 19.0 Å². The Balaban J connectivity index is 1.89. The van der Waals surface area contributed by atoms with Crippen LogP contribution in [0.2, 0.25) is 0 Å². The van der Waals surface area contributed by atoms with Crippen molar-refractivity contribution in [3.05, 3.63) is 18.0 Å². The highest BCUT2D eigenvalue weighted by Crippen LogP contribution is 2.29. The van der Waals surface area contributed by atoms with E-state index >= 15 is 0 Å². The highest BCUT2D eigenvalue weighted by atomic mass is 16.6. The first-order valence-corrected chi connectivity index (χ1v) is 9.61. The lowest BCUT2D eigenvalue weighted by molar-refractivity contribution is -0.131. The number of nitrogens with one attached hydrogen (secondary N) is 3. The number of nitrogens with zero attached hydrogens (tertiary/aromatic N) is 1. The predicted molar refractivity (Wildman–Crippen MR) is 103 cm³/mol. The molecule has 3 amide bonds. The van der Waals surface area contributed by atoms with Gasteiger partial charge in [0.1, 0.15) is 17.9 Å². The summed E-state index contributed by atoms with van der Waals surface area (Å²) in [5, 5.41) is 11.0. The Hall–Kier alpha value is -2.79. The van der Waals surface area contributed by atoms with E-state index in [4.69, 9.17) is 9.47 Å². The Morgan fingerprint density at radius 1 is 1.23 bits per heavy atom. The summed E-state index contributed by atoms with van der Waals surface area (Å²) in [7, 11) is 1.37. The summed E-state index contributed by atoms with van der Waals surface area (Å²) in [6.07, 6.45) is 1.68. The summed E-state index contributed by atoms with van der Waals surface area (Å²) < 4.78 is 14.7. The van der Waals surface area contributed by atoms with E-state index in [9.17, 15) is 19.2 Å². The molecule has 1 saturated heterocycles. The maximum absolute atomic E-state index is 12.6. The van der Waals surface area contributed by atoms with Gasteiger partial charge in [0.15, 0.2) is 11.5 Å². The fourth-order valence-corrected chi connectivity index (χ4v) is 2.77. The quantitative estimate of drug-likeness (QED) is 0.377. The number of hydrogen-bond donors (Lipinski definition) is 3. The molecule has 11 nitrogen and oxygen atoms in total. The second kappa shape index (κ2) is 10.3. The zero-order valence-corrected chi connectivity index (χ0v) is 17.5. The third-order valence-electron chi connectivity index (χ3n) is 4.51. The van der Waals surface area contributed by atoms with Gasteiger partial charge in [-0.25, -0.2) is 0 Å². The van der Waals surface area contributed by atoms with Gasteiger partial charge >= 0.3 is 0 Å². The Labute approximate surface area is 174 Å². The normalized spacial score (nSPS) is 19.6. The van der Waals surface area contributed by atoms with Gasteiger partial charge in [0.2, 0.25) is 11.8 Å². The standard InChI is InChI=1S/C19H28N4O7/c1-11(2)7-13(16(25)19(3)10-29-19)21-15(24)8-20-17(26)14(9-28-4)22-18(27)12-5-6-30-23-12/h5-6,11,13-14H,7-10H2,1-4H3,(H,20,26)(H,21,24)(H,22,27)/t13-,14-,19+/m0/s1. The number of carbonyl (C=O) groups is 4. The molecule has 3 atom stereocenters. The predicted octanol–water partition coefficient (Wildman–Crippen LogP) is -0.575. The summed E-state index contributed by atoms with van der Waals surface area (Å²) >= 11 is 0. The highest BCUT2D eigenvalue weighted by Gasteiger charge is 2.50. The van der Waals surface area contributed by atoms with Crippen molar-refractivity contribution in [2.24, 2.45) is 5.92 Å². The van der Waals surface area contributed by atoms with Crippen molar-refractivity contribution in [1.82, 2.24) is 21.1 Å². The Bertz CT molecular complexity index is 759. The highest BCUT2D eigenvalue weighted by molar-refractivity contribution is 5.98. The fourth-order valence-electron chi connectivity index (χ4n) is 2.77. The van der Waals surface area contributed by atoms with E-state index in [1.807, 2.05) is 13.8 Å². The van der Waals surface area contributed by atoms with E-state index in [1.165, 1.54) is 19.4 Å². The Kier molecular flexibility index (Phi) is 8.07. The third kappa shape index (κ3) is 6.63. The van der Waals surface area contributed by atoms with E-state index in [0.717, 1.165) is 0 Å². The van der Waals surface area contributed by atoms with E-state index < -0.39 is 35.4 Å². The summed E-state index contributed by atoms with van der Waals surface area (Å²) in [6.45, 7) is 5.42. The maximum Gasteiger partial charge on any atom is 0.274 e. The molecule has 1 aliphatic rings. The summed E-state index contributed by atoms with van der Waals surface area (Å²) in [5.41, 5.74) is -0.849. The molecule has 0 aromatic carbocycles. The fraction of sp³-hybridized carbons (Fsp3) is 0.632. The van der Waals surface area contributed by atoms with Crippen molar-refractivity contribution in [2.45, 2.75) is 44.9 Å². The van der Waals surface area contributed by atoms with Gasteiger partial charge in [-0.05, 0) is 19.3 Å². The van der Waals surface area contributed by atoms with Crippen LogP contribution in [0.25, 0.3) is 0 Å². The van der Waals surface area contributed by atoms with Crippen molar-refractivity contribution < 1.29 is 33.2 Å². The first kappa shape index (κ1) is 23.5. The topological polar surface area (TPSA) is 152 Å². The van der Waals surface area contributed by atoms with Crippen LogP contribution in [0.1, 0.15) is 37.7 Å². The van der Waals surface area contributed by atoms with Gasteiger partial charge in [0.25, 0.3) is 5.91 Å². The zero-order valence-electron chi connectivity index (χ0n) is 17.5. The number of methoxy groups -OCH3 is 1. The number of ether oxygens (including phenoxy) is 2. The van der Waals surface area contributed by atoms with Crippen LogP contribution < -0.4 is 16.0 Å². The molecule has 1 aromatic rings. The van der Waals surface area contributed by atoms with Crippen LogP contribution in [0, 0.1) is 5.92 Å². The number of hydrogen-bond acceptors (Lipinski definition) is 8. The number of rotatable bonds is 12. The molecular weight excluding hydrogens is 396 g/mol. The number of aromatic nitrogens is 1. The Morgan fingerprint density at radius 2 is 1.93 bits per heavy atom. The minimum absolute atomic E-state index is 0.00692. The second-order valence-corrected chi connectivity index (χ2v) is 7.72. The minimum Gasteiger partial charge on any atom is -0.382 e. The van der Waals surface area contributed by atoms with Crippen LogP contribution in [-0.2, 0) is 23.9 Å². The number of Topliss-reactive ketones (excluding diaryl/α,β-unsaturated/α-hetero) is 1. The van der Waals surface area contributed by atoms with E-state index in [2.05, 4.69) is 25.6 Å². The number of ketones is 1. The maximum atomic E-state index is 12.6. The SMILES string of the molecule is COC[C@H](NC(=O)c1ccon1)C(=O)NCC(=O)N[C@@H](CC(C)C)C(=O)[C@@]1(C)CO1. The molecule has 2 rings (SSSR count). The van der Waals surface area contributed by atoms with Gasteiger partial charge < -0.3 is 29.9 Å². The molecule has 0 spiro atoms. The molecule has 3 N–H and O–H groups in total. The molecular formula is C19H28N4O7. The molecule has 0 unspecified atom stereocenters.